The molecule has 1 aliphatic carbocycles. The maximum absolute atomic E-state index is 12.1. The molecule has 0 heterocycles. The summed E-state index contributed by atoms with van der Waals surface area (Å²) in [5, 5.41) is 9.96. The summed E-state index contributed by atoms with van der Waals surface area (Å²) in [6.07, 6.45) is 2.40. The fourth-order valence-electron chi connectivity index (χ4n) is 2.76. The first-order valence-corrected chi connectivity index (χ1v) is 10.5. The summed E-state index contributed by atoms with van der Waals surface area (Å²) in [5.41, 5.74) is 0.486. The highest BCUT2D eigenvalue weighted by Gasteiger charge is 2.43. The van der Waals surface area contributed by atoms with Crippen LogP contribution in [0.4, 0.5) is 0 Å². The van der Waals surface area contributed by atoms with Crippen molar-refractivity contribution in [1.82, 2.24) is 16.0 Å². The lowest BCUT2D eigenvalue weighted by molar-refractivity contribution is 0.0954. The molecule has 156 valence electrons. The van der Waals surface area contributed by atoms with Crippen LogP contribution in [0.5, 0.6) is 0 Å². The van der Waals surface area contributed by atoms with Crippen LogP contribution in [0, 0.1) is 0 Å². The predicted molar refractivity (Wildman–Crippen MR) is 133 cm³/mol. The van der Waals surface area contributed by atoms with Crippen molar-refractivity contribution in [3.8, 4) is 0 Å². The van der Waals surface area contributed by atoms with Gasteiger partial charge in [0.15, 0.2) is 5.96 Å². The van der Waals surface area contributed by atoms with E-state index in [1.54, 1.807) is 31.3 Å². The minimum Gasteiger partial charge on any atom is -0.355 e. The zero-order chi connectivity index (χ0) is 19.8. The largest absolute Gasteiger partial charge is 0.355 e. The molecule has 0 atom stereocenters. The van der Waals surface area contributed by atoms with E-state index in [0.717, 1.165) is 12.5 Å². The van der Waals surface area contributed by atoms with Gasteiger partial charge in [-0.25, -0.2) is 0 Å². The second-order valence-electron chi connectivity index (χ2n) is 6.69. The highest BCUT2D eigenvalue weighted by Crippen LogP contribution is 2.51. The number of halogens is 2. The van der Waals surface area contributed by atoms with Gasteiger partial charge in [-0.15, -0.1) is 35.7 Å². The normalized spacial score (nSPS) is 14.5. The third kappa shape index (κ3) is 7.38. The van der Waals surface area contributed by atoms with Gasteiger partial charge < -0.3 is 16.0 Å². The maximum atomic E-state index is 12.1. The van der Waals surface area contributed by atoms with E-state index in [1.165, 1.54) is 17.7 Å². The van der Waals surface area contributed by atoms with Gasteiger partial charge >= 0.3 is 0 Å². The number of nitrogens with zero attached hydrogens (tertiary/aromatic N) is 1. The van der Waals surface area contributed by atoms with E-state index in [-0.39, 0.29) is 34.6 Å². The first kappa shape index (κ1) is 23.8. The van der Waals surface area contributed by atoms with Gasteiger partial charge in [0.2, 0.25) is 0 Å². The van der Waals surface area contributed by atoms with Crippen molar-refractivity contribution < 1.29 is 4.79 Å². The molecule has 1 fully saturated rings. The molecular formula is C21H26ClIN4OS. The van der Waals surface area contributed by atoms with Gasteiger partial charge in [-0.1, -0.05) is 41.9 Å². The van der Waals surface area contributed by atoms with Crippen LogP contribution in [0.25, 0.3) is 0 Å². The van der Waals surface area contributed by atoms with Gasteiger partial charge in [0.05, 0.1) is 10.6 Å². The van der Waals surface area contributed by atoms with E-state index in [4.69, 9.17) is 11.6 Å². The minimum atomic E-state index is -0.174. The highest BCUT2D eigenvalue weighted by molar-refractivity contribution is 14.0. The molecule has 1 saturated carbocycles. The van der Waals surface area contributed by atoms with E-state index in [2.05, 4.69) is 45.2 Å². The van der Waals surface area contributed by atoms with E-state index >= 15 is 0 Å². The molecule has 0 saturated heterocycles. The standard InChI is InChI=1S/C21H25ClN4OS.HI/c1-23-20(25-14-13-24-19(27)17-9-5-6-10-18(17)22)26-15-21(11-12-21)28-16-7-3-2-4-8-16;/h2-10H,11-15H2,1H3,(H,24,27)(H2,23,25,26);1H. The van der Waals surface area contributed by atoms with Crippen molar-refractivity contribution in [1.29, 1.82) is 0 Å². The molecule has 0 unspecified atom stereocenters. The average Bonchev–Trinajstić information content (AvgIpc) is 3.48. The molecule has 3 N–H and O–H groups in total. The van der Waals surface area contributed by atoms with Crippen molar-refractivity contribution >= 4 is 59.2 Å². The van der Waals surface area contributed by atoms with Gasteiger partial charge in [-0.2, -0.15) is 0 Å². The Kier molecular flexibility index (Phi) is 9.58. The van der Waals surface area contributed by atoms with Crippen LogP contribution in [-0.2, 0) is 0 Å². The Balaban J connectivity index is 0.00000300. The van der Waals surface area contributed by atoms with Crippen LogP contribution < -0.4 is 16.0 Å². The summed E-state index contributed by atoms with van der Waals surface area (Å²) >= 11 is 7.97. The van der Waals surface area contributed by atoms with E-state index < -0.39 is 0 Å². The van der Waals surface area contributed by atoms with E-state index in [1.807, 2.05) is 17.8 Å². The third-order valence-electron chi connectivity index (χ3n) is 4.51. The number of rotatable bonds is 8. The van der Waals surface area contributed by atoms with Crippen molar-refractivity contribution in [2.24, 2.45) is 4.99 Å². The van der Waals surface area contributed by atoms with Gasteiger partial charge in [-0.3, -0.25) is 9.79 Å². The lowest BCUT2D eigenvalue weighted by Crippen LogP contribution is -2.44. The van der Waals surface area contributed by atoms with Crippen LogP contribution in [0.3, 0.4) is 0 Å². The lowest BCUT2D eigenvalue weighted by atomic mass is 10.2. The lowest BCUT2D eigenvalue weighted by Gasteiger charge is -2.18. The Morgan fingerprint density at radius 1 is 1.03 bits per heavy atom. The fourth-order valence-corrected chi connectivity index (χ4v) is 4.22. The Bertz CT molecular complexity index is 830. The summed E-state index contributed by atoms with van der Waals surface area (Å²) < 4.78 is 0.247. The molecule has 0 bridgehead atoms. The molecule has 1 amide bonds. The second kappa shape index (κ2) is 11.7. The zero-order valence-corrected chi connectivity index (χ0v) is 20.2. The first-order chi connectivity index (χ1) is 13.6. The Hall–Kier alpha value is -1.45. The third-order valence-corrected chi connectivity index (χ3v) is 6.33. The van der Waals surface area contributed by atoms with Crippen LogP contribution in [0.2, 0.25) is 5.02 Å². The number of hydrogen-bond acceptors (Lipinski definition) is 3. The molecular weight excluding hydrogens is 519 g/mol. The van der Waals surface area contributed by atoms with E-state index in [0.29, 0.717) is 23.7 Å². The van der Waals surface area contributed by atoms with Crippen LogP contribution >= 0.6 is 47.3 Å². The summed E-state index contributed by atoms with van der Waals surface area (Å²) in [6, 6.07) is 17.5. The molecule has 8 heteroatoms. The van der Waals surface area contributed by atoms with Gasteiger partial charge in [0.1, 0.15) is 0 Å². The smallest absolute Gasteiger partial charge is 0.252 e. The molecule has 29 heavy (non-hydrogen) atoms. The summed E-state index contributed by atoms with van der Waals surface area (Å²) in [7, 11) is 1.75. The predicted octanol–water partition coefficient (Wildman–Crippen LogP) is 4.18. The number of hydrogen-bond donors (Lipinski definition) is 3. The number of aliphatic imine (C=N–C) groups is 1. The van der Waals surface area contributed by atoms with Crippen molar-refractivity contribution in [3.63, 3.8) is 0 Å². The Labute approximate surface area is 198 Å². The molecule has 0 aliphatic heterocycles. The quantitative estimate of drug-likeness (QED) is 0.202. The topological polar surface area (TPSA) is 65.5 Å². The summed E-state index contributed by atoms with van der Waals surface area (Å²) in [5.74, 6) is 0.568. The number of guanidine groups is 1. The number of thioether (sulfide) groups is 1. The maximum Gasteiger partial charge on any atom is 0.252 e. The monoisotopic (exact) mass is 544 g/mol. The summed E-state index contributed by atoms with van der Waals surface area (Å²) in [6.45, 7) is 1.92. The summed E-state index contributed by atoms with van der Waals surface area (Å²) in [4.78, 5) is 17.7. The first-order valence-electron chi connectivity index (χ1n) is 9.33. The van der Waals surface area contributed by atoms with Gasteiger partial charge in [0, 0.05) is 36.3 Å². The number of carbonyl (C=O) groups excluding carboxylic acids is 1. The number of carbonyl (C=O) groups is 1. The van der Waals surface area contributed by atoms with Crippen molar-refractivity contribution in [2.75, 3.05) is 26.7 Å². The molecule has 5 nitrogen and oxygen atoms in total. The number of amides is 1. The SMILES string of the molecule is CN=C(NCCNC(=O)c1ccccc1Cl)NCC1(Sc2ccccc2)CC1.I. The molecule has 3 rings (SSSR count). The molecule has 2 aromatic rings. The van der Waals surface area contributed by atoms with Crippen molar-refractivity contribution in [2.45, 2.75) is 22.5 Å². The van der Waals surface area contributed by atoms with Crippen LogP contribution in [-0.4, -0.2) is 43.3 Å². The highest BCUT2D eigenvalue weighted by atomic mass is 127. The van der Waals surface area contributed by atoms with Gasteiger partial charge in [0.25, 0.3) is 5.91 Å². The molecule has 2 aromatic carbocycles. The van der Waals surface area contributed by atoms with Crippen molar-refractivity contribution in [3.05, 3.63) is 65.2 Å². The zero-order valence-electron chi connectivity index (χ0n) is 16.3. The Morgan fingerprint density at radius 3 is 2.34 bits per heavy atom. The molecule has 0 radical (unpaired) electrons. The Morgan fingerprint density at radius 2 is 1.69 bits per heavy atom. The van der Waals surface area contributed by atoms with Crippen LogP contribution in [0.15, 0.2) is 64.5 Å². The van der Waals surface area contributed by atoms with Gasteiger partial charge in [-0.05, 0) is 37.1 Å². The molecule has 0 spiro atoms. The fraction of sp³-hybridized carbons (Fsp3) is 0.333. The minimum absolute atomic E-state index is 0. The number of benzene rings is 2. The second-order valence-corrected chi connectivity index (χ2v) is 8.64. The average molecular weight is 545 g/mol. The number of nitrogens with one attached hydrogen (secondary N) is 3. The molecule has 1 aliphatic rings. The molecule has 0 aromatic heterocycles. The van der Waals surface area contributed by atoms with E-state index in [9.17, 15) is 4.79 Å². The van der Waals surface area contributed by atoms with Crippen LogP contribution in [0.1, 0.15) is 23.2 Å².